The lowest BCUT2D eigenvalue weighted by Gasteiger charge is -2.28. The van der Waals surface area contributed by atoms with Crippen molar-refractivity contribution >= 4 is 29.9 Å². The van der Waals surface area contributed by atoms with Crippen LogP contribution in [0.5, 0.6) is 0 Å². The lowest BCUT2D eigenvalue weighted by Crippen LogP contribution is -2.42. The topological polar surface area (TPSA) is 49.3 Å². The number of halogens is 1. The second-order valence-electron chi connectivity index (χ2n) is 6.11. The fraction of sp³-hybridized carbons (Fsp3) is 0.647. The molecule has 0 spiro atoms. The first-order valence-corrected chi connectivity index (χ1v) is 8.04. The molecule has 1 aliphatic rings. The predicted molar refractivity (Wildman–Crippen MR) is 104 cm³/mol. The van der Waals surface area contributed by atoms with Crippen LogP contribution in [0.1, 0.15) is 50.4 Å². The van der Waals surface area contributed by atoms with Gasteiger partial charge in [0.25, 0.3) is 0 Å². The van der Waals surface area contributed by atoms with Gasteiger partial charge in [-0.3, -0.25) is 9.98 Å². The third-order valence-corrected chi connectivity index (χ3v) is 4.65. The lowest BCUT2D eigenvalue weighted by molar-refractivity contribution is 0.283. The van der Waals surface area contributed by atoms with Crippen LogP contribution in [0.4, 0.5) is 0 Å². The summed E-state index contributed by atoms with van der Waals surface area (Å²) in [6.07, 6.45) is 6.67. The van der Waals surface area contributed by atoms with Crippen LogP contribution < -0.4 is 10.6 Å². The first-order chi connectivity index (χ1) is 10.2. The molecule has 124 valence electrons. The maximum absolute atomic E-state index is 4.50. The minimum atomic E-state index is 0. The number of rotatable bonds is 5. The Hall–Kier alpha value is -0.850. The van der Waals surface area contributed by atoms with Gasteiger partial charge in [-0.1, -0.05) is 25.8 Å². The molecule has 0 aliphatic heterocycles. The van der Waals surface area contributed by atoms with Crippen LogP contribution in [-0.2, 0) is 6.54 Å². The third-order valence-electron chi connectivity index (χ3n) is 4.65. The van der Waals surface area contributed by atoms with E-state index in [4.69, 9.17) is 0 Å². The molecule has 5 heteroatoms. The molecule has 1 aromatic heterocycles. The van der Waals surface area contributed by atoms with Crippen LogP contribution in [0.3, 0.4) is 0 Å². The van der Waals surface area contributed by atoms with Gasteiger partial charge in [0.2, 0.25) is 0 Å². The molecule has 0 aromatic carbocycles. The number of aliphatic imine (C=N–C) groups is 1. The van der Waals surface area contributed by atoms with Crippen molar-refractivity contribution in [2.45, 2.75) is 52.5 Å². The minimum absolute atomic E-state index is 0. The van der Waals surface area contributed by atoms with E-state index in [0.717, 1.165) is 23.9 Å². The summed E-state index contributed by atoms with van der Waals surface area (Å²) in [5.41, 5.74) is 2.57. The molecule has 1 aliphatic carbocycles. The lowest BCUT2D eigenvalue weighted by atomic mass is 9.83. The van der Waals surface area contributed by atoms with Crippen molar-refractivity contribution in [3.63, 3.8) is 0 Å². The Morgan fingerprint density at radius 3 is 2.59 bits per heavy atom. The number of nitrogens with one attached hydrogen (secondary N) is 2. The number of aryl methyl sites for hydroxylation is 1. The van der Waals surface area contributed by atoms with Gasteiger partial charge in [0, 0.05) is 19.3 Å². The summed E-state index contributed by atoms with van der Waals surface area (Å²) in [5.74, 6) is 0.873. The SMILES string of the molecule is CCC1(CNC(=NC)NCc2cccc(C)n2)CCCC1.I. The molecule has 0 saturated heterocycles. The van der Waals surface area contributed by atoms with Crippen molar-refractivity contribution in [3.8, 4) is 0 Å². The summed E-state index contributed by atoms with van der Waals surface area (Å²) in [7, 11) is 1.83. The van der Waals surface area contributed by atoms with Crippen molar-refractivity contribution in [1.29, 1.82) is 0 Å². The van der Waals surface area contributed by atoms with Crippen molar-refractivity contribution in [2.24, 2.45) is 10.4 Å². The fourth-order valence-corrected chi connectivity index (χ4v) is 3.14. The van der Waals surface area contributed by atoms with Gasteiger partial charge < -0.3 is 10.6 Å². The normalized spacial score (nSPS) is 17.0. The van der Waals surface area contributed by atoms with E-state index in [0.29, 0.717) is 12.0 Å². The molecule has 0 atom stereocenters. The number of pyridine rings is 1. The molecular formula is C17H29IN4. The van der Waals surface area contributed by atoms with Crippen molar-refractivity contribution in [1.82, 2.24) is 15.6 Å². The standard InChI is InChI=1S/C17H28N4.HI/c1-4-17(10-5-6-11-17)13-20-16(18-3)19-12-15-9-7-8-14(2)21-15;/h7-9H,4-6,10-13H2,1-3H3,(H2,18,19,20);1H. The average molecular weight is 416 g/mol. The number of guanidine groups is 1. The Balaban J connectivity index is 0.00000242. The van der Waals surface area contributed by atoms with Crippen LogP contribution >= 0.6 is 24.0 Å². The van der Waals surface area contributed by atoms with Crippen LogP contribution in [0.25, 0.3) is 0 Å². The van der Waals surface area contributed by atoms with Crippen LogP contribution in [-0.4, -0.2) is 24.5 Å². The average Bonchev–Trinajstić information content (AvgIpc) is 2.97. The molecule has 22 heavy (non-hydrogen) atoms. The Bertz CT molecular complexity index is 481. The molecule has 1 heterocycles. The summed E-state index contributed by atoms with van der Waals surface area (Å²) >= 11 is 0. The Labute approximate surface area is 151 Å². The second kappa shape index (κ2) is 9.33. The van der Waals surface area contributed by atoms with Gasteiger partial charge in [-0.2, -0.15) is 0 Å². The molecule has 1 aromatic rings. The van der Waals surface area contributed by atoms with E-state index in [1.165, 1.54) is 32.1 Å². The highest BCUT2D eigenvalue weighted by Crippen LogP contribution is 2.40. The quantitative estimate of drug-likeness (QED) is 0.438. The van der Waals surface area contributed by atoms with Gasteiger partial charge >= 0.3 is 0 Å². The summed E-state index contributed by atoms with van der Waals surface area (Å²) in [6.45, 7) is 6.05. The molecule has 0 bridgehead atoms. The van der Waals surface area contributed by atoms with E-state index >= 15 is 0 Å². The van der Waals surface area contributed by atoms with Gasteiger partial charge in [-0.25, -0.2) is 0 Å². The molecule has 0 unspecified atom stereocenters. The monoisotopic (exact) mass is 416 g/mol. The predicted octanol–water partition coefficient (Wildman–Crippen LogP) is 3.64. The van der Waals surface area contributed by atoms with Crippen LogP contribution in [0.15, 0.2) is 23.2 Å². The molecule has 1 fully saturated rings. The van der Waals surface area contributed by atoms with Gasteiger partial charge in [0.1, 0.15) is 0 Å². The second-order valence-corrected chi connectivity index (χ2v) is 6.11. The Morgan fingerprint density at radius 1 is 1.27 bits per heavy atom. The highest BCUT2D eigenvalue weighted by atomic mass is 127. The number of hydrogen-bond donors (Lipinski definition) is 2. The summed E-state index contributed by atoms with van der Waals surface area (Å²) in [4.78, 5) is 8.82. The van der Waals surface area contributed by atoms with Gasteiger partial charge in [-0.05, 0) is 43.7 Å². The summed E-state index contributed by atoms with van der Waals surface area (Å²) in [5, 5.41) is 6.85. The zero-order chi connectivity index (χ0) is 15.1. The maximum atomic E-state index is 4.50. The first kappa shape index (κ1) is 19.2. The maximum Gasteiger partial charge on any atom is 0.191 e. The molecule has 4 nitrogen and oxygen atoms in total. The minimum Gasteiger partial charge on any atom is -0.356 e. The Morgan fingerprint density at radius 2 is 2.00 bits per heavy atom. The molecule has 2 rings (SSSR count). The largest absolute Gasteiger partial charge is 0.356 e. The fourth-order valence-electron chi connectivity index (χ4n) is 3.14. The van der Waals surface area contributed by atoms with Crippen LogP contribution in [0, 0.1) is 12.3 Å². The molecule has 1 saturated carbocycles. The van der Waals surface area contributed by atoms with E-state index in [-0.39, 0.29) is 24.0 Å². The highest BCUT2D eigenvalue weighted by Gasteiger charge is 2.31. The highest BCUT2D eigenvalue weighted by molar-refractivity contribution is 14.0. The van der Waals surface area contributed by atoms with Gasteiger partial charge in [0.15, 0.2) is 5.96 Å². The van der Waals surface area contributed by atoms with Crippen molar-refractivity contribution in [3.05, 3.63) is 29.6 Å². The number of hydrogen-bond acceptors (Lipinski definition) is 2. The third kappa shape index (κ3) is 5.41. The van der Waals surface area contributed by atoms with E-state index < -0.39 is 0 Å². The van der Waals surface area contributed by atoms with E-state index in [9.17, 15) is 0 Å². The number of nitrogens with zero attached hydrogens (tertiary/aromatic N) is 2. The zero-order valence-electron chi connectivity index (χ0n) is 14.0. The number of aromatic nitrogens is 1. The molecule has 0 amide bonds. The summed E-state index contributed by atoms with van der Waals surface area (Å²) < 4.78 is 0. The smallest absolute Gasteiger partial charge is 0.191 e. The first-order valence-electron chi connectivity index (χ1n) is 8.04. The zero-order valence-corrected chi connectivity index (χ0v) is 16.3. The van der Waals surface area contributed by atoms with Crippen molar-refractivity contribution < 1.29 is 0 Å². The van der Waals surface area contributed by atoms with E-state index in [1.54, 1.807) is 0 Å². The van der Waals surface area contributed by atoms with Gasteiger partial charge in [-0.15, -0.1) is 24.0 Å². The van der Waals surface area contributed by atoms with E-state index in [2.05, 4.69) is 27.5 Å². The Kier molecular flexibility index (Phi) is 8.14. The summed E-state index contributed by atoms with van der Waals surface area (Å²) in [6, 6.07) is 6.10. The molecule has 2 N–H and O–H groups in total. The van der Waals surface area contributed by atoms with Gasteiger partial charge in [0.05, 0.1) is 12.2 Å². The van der Waals surface area contributed by atoms with Crippen LogP contribution in [0.2, 0.25) is 0 Å². The molecular weight excluding hydrogens is 387 g/mol. The molecule has 0 radical (unpaired) electrons. The van der Waals surface area contributed by atoms with E-state index in [1.807, 2.05) is 32.2 Å². The van der Waals surface area contributed by atoms with Crippen molar-refractivity contribution in [2.75, 3.05) is 13.6 Å².